The summed E-state index contributed by atoms with van der Waals surface area (Å²) in [7, 11) is 0. The number of aromatic nitrogens is 1. The fourth-order valence-corrected chi connectivity index (χ4v) is 4.79. The quantitative estimate of drug-likeness (QED) is 0.449. The van der Waals surface area contributed by atoms with Gasteiger partial charge >= 0.3 is 6.18 Å². The molecule has 3 heterocycles. The van der Waals surface area contributed by atoms with Gasteiger partial charge in [-0.3, -0.25) is 14.7 Å². The Morgan fingerprint density at radius 3 is 2.55 bits per heavy atom. The van der Waals surface area contributed by atoms with Gasteiger partial charge in [0.2, 0.25) is 0 Å². The number of alkyl halides is 3. The number of nitrogens with zero attached hydrogens (tertiary/aromatic N) is 4. The highest BCUT2D eigenvalue weighted by Crippen LogP contribution is 2.38. The first kappa shape index (κ1) is 22.9. The molecule has 0 bridgehead atoms. The van der Waals surface area contributed by atoms with Crippen molar-refractivity contribution in [2.75, 3.05) is 4.90 Å². The zero-order valence-electron chi connectivity index (χ0n) is 17.6. The Balaban J connectivity index is 1.64. The number of thiocarbonyl (C=S) groups is 1. The van der Waals surface area contributed by atoms with E-state index in [1.807, 2.05) is 29.6 Å². The molecular formula is C23H17F3N4OS2. The zero-order valence-corrected chi connectivity index (χ0v) is 19.2. The van der Waals surface area contributed by atoms with Gasteiger partial charge < -0.3 is 4.90 Å². The lowest BCUT2D eigenvalue weighted by Crippen LogP contribution is -2.43. The van der Waals surface area contributed by atoms with E-state index in [4.69, 9.17) is 17.5 Å². The van der Waals surface area contributed by atoms with E-state index in [9.17, 15) is 18.0 Å². The number of halogens is 3. The van der Waals surface area contributed by atoms with Gasteiger partial charge in [-0.2, -0.15) is 18.4 Å². The van der Waals surface area contributed by atoms with Crippen molar-refractivity contribution in [2.24, 2.45) is 0 Å². The average Bonchev–Trinajstić information content (AvgIpc) is 3.36. The highest BCUT2D eigenvalue weighted by molar-refractivity contribution is 7.80. The number of amides is 1. The van der Waals surface area contributed by atoms with E-state index in [1.54, 1.807) is 42.4 Å². The lowest BCUT2D eigenvalue weighted by atomic mass is 10.0. The summed E-state index contributed by atoms with van der Waals surface area (Å²) >= 11 is 7.10. The van der Waals surface area contributed by atoms with Gasteiger partial charge in [-0.05, 0) is 67.3 Å². The largest absolute Gasteiger partial charge is 0.417 e. The van der Waals surface area contributed by atoms with Crippen LogP contribution in [0.4, 0.5) is 18.9 Å². The predicted molar refractivity (Wildman–Crippen MR) is 123 cm³/mol. The van der Waals surface area contributed by atoms with Crippen LogP contribution in [0.2, 0.25) is 0 Å². The molecule has 1 aromatic carbocycles. The van der Waals surface area contributed by atoms with Crippen molar-refractivity contribution in [3.8, 4) is 16.6 Å². The van der Waals surface area contributed by atoms with Crippen LogP contribution in [0.1, 0.15) is 30.5 Å². The Labute approximate surface area is 197 Å². The van der Waals surface area contributed by atoms with E-state index in [1.165, 1.54) is 6.07 Å². The Kier molecular flexibility index (Phi) is 5.72. The molecule has 1 amide bonds. The maximum atomic E-state index is 13.4. The van der Waals surface area contributed by atoms with Crippen molar-refractivity contribution in [1.82, 2.24) is 9.88 Å². The molecule has 0 atom stereocenters. The summed E-state index contributed by atoms with van der Waals surface area (Å²) in [6.45, 7) is 3.60. The Morgan fingerprint density at radius 1 is 1.21 bits per heavy atom. The first-order valence-corrected chi connectivity index (χ1v) is 11.1. The van der Waals surface area contributed by atoms with Crippen molar-refractivity contribution in [1.29, 1.82) is 5.26 Å². The number of benzene rings is 1. The molecule has 2 aromatic heterocycles. The highest BCUT2D eigenvalue weighted by atomic mass is 32.1. The van der Waals surface area contributed by atoms with Crippen LogP contribution in [0.25, 0.3) is 10.6 Å². The van der Waals surface area contributed by atoms with Crippen molar-refractivity contribution < 1.29 is 18.0 Å². The molecule has 3 aromatic rings. The molecule has 0 saturated carbocycles. The SMILES string of the molecule is CC1(C)C(=O)N(c2ccc(C#N)c(C(F)(F)F)c2)C(=S)N1Cc1ccc(-c2cccs2)nc1. The van der Waals surface area contributed by atoms with Gasteiger partial charge in [0.25, 0.3) is 5.91 Å². The van der Waals surface area contributed by atoms with Crippen LogP contribution in [0.3, 0.4) is 0 Å². The molecule has 1 saturated heterocycles. The van der Waals surface area contributed by atoms with Gasteiger partial charge in [-0.15, -0.1) is 11.3 Å². The summed E-state index contributed by atoms with van der Waals surface area (Å²) in [5, 5.41) is 11.1. The van der Waals surface area contributed by atoms with Crippen LogP contribution in [0.15, 0.2) is 54.0 Å². The summed E-state index contributed by atoms with van der Waals surface area (Å²) in [4.78, 5) is 21.5. The van der Waals surface area contributed by atoms with Gasteiger partial charge in [0.1, 0.15) is 5.54 Å². The predicted octanol–water partition coefficient (Wildman–Crippen LogP) is 5.61. The number of carbonyl (C=O) groups excluding carboxylic acids is 1. The van der Waals surface area contributed by atoms with Crippen molar-refractivity contribution in [3.63, 3.8) is 0 Å². The summed E-state index contributed by atoms with van der Waals surface area (Å²) in [6, 6.07) is 12.4. The fourth-order valence-electron chi connectivity index (χ4n) is 3.60. The van der Waals surface area contributed by atoms with Gasteiger partial charge in [-0.1, -0.05) is 12.1 Å². The number of nitriles is 1. The maximum absolute atomic E-state index is 13.4. The van der Waals surface area contributed by atoms with Crippen molar-refractivity contribution in [2.45, 2.75) is 32.1 Å². The summed E-state index contributed by atoms with van der Waals surface area (Å²) in [5.74, 6) is -0.450. The molecular weight excluding hydrogens is 469 g/mol. The van der Waals surface area contributed by atoms with Gasteiger partial charge in [0.15, 0.2) is 5.11 Å². The number of anilines is 1. The standard InChI is InChI=1S/C23H17F3N4OS2/c1-22(2)20(31)30(16-7-6-15(11-27)17(10-16)23(24,25)26)21(32)29(22)13-14-5-8-18(28-12-14)19-4-3-9-33-19/h3-10,12H,13H2,1-2H3. The number of hydrogen-bond acceptors (Lipinski definition) is 5. The number of rotatable bonds is 4. The van der Waals surface area contributed by atoms with Crippen molar-refractivity contribution in [3.05, 3.63) is 70.7 Å². The number of carbonyl (C=O) groups is 1. The molecule has 168 valence electrons. The molecule has 0 spiro atoms. The molecule has 0 N–H and O–H groups in total. The smallest absolute Gasteiger partial charge is 0.330 e. The minimum Gasteiger partial charge on any atom is -0.330 e. The van der Waals surface area contributed by atoms with E-state index in [2.05, 4.69) is 4.98 Å². The Morgan fingerprint density at radius 2 is 1.97 bits per heavy atom. The first-order chi connectivity index (χ1) is 15.5. The van der Waals surface area contributed by atoms with Gasteiger partial charge in [0.05, 0.1) is 33.5 Å². The summed E-state index contributed by atoms with van der Waals surface area (Å²) in [6.07, 6.45) is -3.04. The fraction of sp³-hybridized carbons (Fsp3) is 0.217. The molecule has 4 rings (SSSR count). The molecule has 0 unspecified atom stereocenters. The van der Waals surface area contributed by atoms with E-state index in [0.29, 0.717) is 0 Å². The monoisotopic (exact) mass is 486 g/mol. The molecule has 33 heavy (non-hydrogen) atoms. The molecule has 0 radical (unpaired) electrons. The molecule has 1 aliphatic rings. The third-order valence-corrected chi connectivity index (χ3v) is 6.75. The van der Waals surface area contributed by atoms with Crippen LogP contribution < -0.4 is 4.90 Å². The van der Waals surface area contributed by atoms with Crippen LogP contribution >= 0.6 is 23.6 Å². The maximum Gasteiger partial charge on any atom is 0.417 e. The lowest BCUT2D eigenvalue weighted by molar-refractivity contribution is -0.137. The van der Waals surface area contributed by atoms with E-state index < -0.39 is 28.7 Å². The Hall–Kier alpha value is -3.29. The second-order valence-corrected chi connectivity index (χ2v) is 9.25. The van der Waals surface area contributed by atoms with Crippen LogP contribution in [-0.2, 0) is 17.5 Å². The highest BCUT2D eigenvalue weighted by Gasteiger charge is 2.49. The minimum absolute atomic E-state index is 0.0296. The third kappa shape index (κ3) is 4.10. The normalized spacial score (nSPS) is 15.8. The molecule has 1 aliphatic heterocycles. The minimum atomic E-state index is -4.74. The van der Waals surface area contributed by atoms with E-state index in [0.717, 1.165) is 33.2 Å². The van der Waals surface area contributed by atoms with Crippen LogP contribution in [0, 0.1) is 11.3 Å². The summed E-state index contributed by atoms with van der Waals surface area (Å²) < 4.78 is 40.3. The Bertz CT molecular complexity index is 1260. The third-order valence-electron chi connectivity index (χ3n) is 5.45. The first-order valence-electron chi connectivity index (χ1n) is 9.80. The topological polar surface area (TPSA) is 60.2 Å². The van der Waals surface area contributed by atoms with Crippen molar-refractivity contribution >= 4 is 40.3 Å². The molecule has 1 fully saturated rings. The second kappa shape index (κ2) is 8.24. The van der Waals surface area contributed by atoms with E-state index >= 15 is 0 Å². The molecule has 5 nitrogen and oxygen atoms in total. The van der Waals surface area contributed by atoms with Gasteiger partial charge in [0, 0.05) is 12.7 Å². The number of hydrogen-bond donors (Lipinski definition) is 0. The second-order valence-electron chi connectivity index (χ2n) is 7.94. The summed E-state index contributed by atoms with van der Waals surface area (Å²) in [5.41, 5.74) is -1.11. The van der Waals surface area contributed by atoms with E-state index in [-0.39, 0.29) is 17.3 Å². The number of pyridine rings is 1. The van der Waals surface area contributed by atoms with Gasteiger partial charge in [-0.25, -0.2) is 0 Å². The van der Waals surface area contributed by atoms with Crippen LogP contribution in [0.5, 0.6) is 0 Å². The molecule has 10 heteroatoms. The van der Waals surface area contributed by atoms with Crippen LogP contribution in [-0.4, -0.2) is 26.4 Å². The average molecular weight is 487 g/mol. The number of thiophene rings is 1. The zero-order chi connectivity index (χ0) is 24.0. The molecule has 0 aliphatic carbocycles. The lowest BCUT2D eigenvalue weighted by Gasteiger charge is -2.29.